The minimum absolute atomic E-state index is 0.0814. The van der Waals surface area contributed by atoms with Crippen molar-refractivity contribution in [3.63, 3.8) is 0 Å². The largest absolute Gasteiger partial charge is 0.393 e. The number of likely N-dealkylation sites (tertiary alicyclic amines) is 1. The number of thiocarbonyl (C=S) groups is 1. The summed E-state index contributed by atoms with van der Waals surface area (Å²) >= 11 is 8.06. The molecule has 0 spiro atoms. The summed E-state index contributed by atoms with van der Waals surface area (Å²) in [6, 6.07) is 4.30. The van der Waals surface area contributed by atoms with E-state index in [1.807, 2.05) is 0 Å². The molecule has 0 unspecified atom stereocenters. The van der Waals surface area contributed by atoms with E-state index >= 15 is 0 Å². The highest BCUT2D eigenvalue weighted by molar-refractivity contribution is 9.10. The van der Waals surface area contributed by atoms with Crippen LogP contribution < -0.4 is 5.73 Å². The molecule has 1 aromatic rings. The predicted octanol–water partition coefficient (Wildman–Crippen LogP) is 2.73. The minimum Gasteiger partial charge on any atom is -0.393 e. The zero-order valence-electron chi connectivity index (χ0n) is 10.2. The van der Waals surface area contributed by atoms with E-state index in [2.05, 4.69) is 15.9 Å². The number of benzene rings is 1. The van der Waals surface area contributed by atoms with Crippen LogP contribution in [0, 0.1) is 11.7 Å². The number of nitrogens with zero attached hydrogens (tertiary/aromatic N) is 1. The van der Waals surface area contributed by atoms with Crippen molar-refractivity contribution in [3.8, 4) is 0 Å². The average molecular weight is 345 g/mol. The SMILES string of the molecule is NC(=S)C1CCN(C(=O)c2ccc(F)c(Br)c2)CC1. The zero-order chi connectivity index (χ0) is 14.0. The first kappa shape index (κ1) is 14.4. The second kappa shape index (κ2) is 5.96. The van der Waals surface area contributed by atoms with Gasteiger partial charge in [-0.15, -0.1) is 0 Å². The Morgan fingerprint density at radius 2 is 2.05 bits per heavy atom. The number of halogens is 2. The molecule has 1 aromatic carbocycles. The van der Waals surface area contributed by atoms with Crippen molar-refractivity contribution >= 4 is 39.0 Å². The van der Waals surface area contributed by atoms with Gasteiger partial charge in [0.1, 0.15) is 5.82 Å². The molecule has 1 fully saturated rings. The van der Waals surface area contributed by atoms with Gasteiger partial charge < -0.3 is 10.6 Å². The average Bonchev–Trinajstić information content (AvgIpc) is 2.41. The molecule has 0 atom stereocenters. The number of carbonyl (C=O) groups excluding carboxylic acids is 1. The Morgan fingerprint density at radius 3 is 2.58 bits per heavy atom. The lowest BCUT2D eigenvalue weighted by atomic mass is 9.96. The Morgan fingerprint density at radius 1 is 1.42 bits per heavy atom. The molecule has 2 N–H and O–H groups in total. The number of piperidine rings is 1. The smallest absolute Gasteiger partial charge is 0.253 e. The third-order valence-electron chi connectivity index (χ3n) is 3.35. The van der Waals surface area contributed by atoms with Crippen LogP contribution in [-0.4, -0.2) is 28.9 Å². The lowest BCUT2D eigenvalue weighted by Gasteiger charge is -2.31. The van der Waals surface area contributed by atoms with Crippen LogP contribution in [0.2, 0.25) is 0 Å². The Hall–Kier alpha value is -1.01. The summed E-state index contributed by atoms with van der Waals surface area (Å²) in [6.07, 6.45) is 1.59. The van der Waals surface area contributed by atoms with Crippen LogP contribution in [0.3, 0.4) is 0 Å². The third kappa shape index (κ3) is 3.30. The van der Waals surface area contributed by atoms with Crippen molar-refractivity contribution in [1.82, 2.24) is 4.90 Å². The van der Waals surface area contributed by atoms with Gasteiger partial charge in [-0.1, -0.05) is 12.2 Å². The van der Waals surface area contributed by atoms with E-state index in [1.165, 1.54) is 18.2 Å². The molecule has 19 heavy (non-hydrogen) atoms. The summed E-state index contributed by atoms with van der Waals surface area (Å²) in [5.41, 5.74) is 6.10. The predicted molar refractivity (Wildman–Crippen MR) is 79.5 cm³/mol. The van der Waals surface area contributed by atoms with Gasteiger partial charge in [0.05, 0.1) is 9.46 Å². The van der Waals surface area contributed by atoms with Crippen LogP contribution >= 0.6 is 28.1 Å². The van der Waals surface area contributed by atoms with E-state index in [0.29, 0.717) is 28.1 Å². The van der Waals surface area contributed by atoms with Gasteiger partial charge in [0.2, 0.25) is 0 Å². The summed E-state index contributed by atoms with van der Waals surface area (Å²) in [7, 11) is 0. The van der Waals surface area contributed by atoms with Gasteiger partial charge in [0.25, 0.3) is 5.91 Å². The molecule has 0 aromatic heterocycles. The molecule has 0 radical (unpaired) electrons. The van der Waals surface area contributed by atoms with Gasteiger partial charge in [0.15, 0.2) is 0 Å². The van der Waals surface area contributed by atoms with Crippen LogP contribution in [-0.2, 0) is 0 Å². The number of nitrogens with two attached hydrogens (primary N) is 1. The summed E-state index contributed by atoms with van der Waals surface area (Å²) in [4.78, 5) is 14.5. The van der Waals surface area contributed by atoms with Crippen molar-refractivity contribution in [3.05, 3.63) is 34.1 Å². The number of rotatable bonds is 2. The first-order valence-electron chi connectivity index (χ1n) is 6.02. The lowest BCUT2D eigenvalue weighted by molar-refractivity contribution is 0.0710. The Labute approximate surface area is 125 Å². The van der Waals surface area contributed by atoms with Gasteiger partial charge in [-0.3, -0.25) is 4.79 Å². The van der Waals surface area contributed by atoms with Crippen LogP contribution in [0.25, 0.3) is 0 Å². The molecular formula is C13H14BrFN2OS. The standard InChI is InChI=1S/C13H14BrFN2OS/c14-10-7-9(1-2-11(10)15)13(18)17-5-3-8(4-6-17)12(16)19/h1-2,7-8H,3-6H2,(H2,16,19). The number of carbonyl (C=O) groups is 1. The number of hydrogen-bond donors (Lipinski definition) is 1. The van der Waals surface area contributed by atoms with Gasteiger partial charge >= 0.3 is 0 Å². The third-order valence-corrected chi connectivity index (χ3v) is 4.29. The molecule has 1 amide bonds. The summed E-state index contributed by atoms with van der Waals surface area (Å²) in [5.74, 6) is -0.232. The lowest BCUT2D eigenvalue weighted by Crippen LogP contribution is -2.41. The van der Waals surface area contributed by atoms with Gasteiger partial charge in [-0.25, -0.2) is 4.39 Å². The molecule has 1 aliphatic heterocycles. The summed E-state index contributed by atoms with van der Waals surface area (Å²) < 4.78 is 13.4. The van der Waals surface area contributed by atoms with Crippen molar-refractivity contribution in [1.29, 1.82) is 0 Å². The molecule has 2 rings (SSSR count). The number of amides is 1. The topological polar surface area (TPSA) is 46.3 Å². The van der Waals surface area contributed by atoms with Crippen molar-refractivity contribution in [2.45, 2.75) is 12.8 Å². The maximum absolute atomic E-state index is 13.1. The van der Waals surface area contributed by atoms with Crippen molar-refractivity contribution < 1.29 is 9.18 Å². The van der Waals surface area contributed by atoms with E-state index < -0.39 is 0 Å². The fourth-order valence-corrected chi connectivity index (χ4v) is 2.79. The zero-order valence-corrected chi connectivity index (χ0v) is 12.6. The molecule has 0 saturated carbocycles. The van der Waals surface area contributed by atoms with Crippen LogP contribution in [0.4, 0.5) is 4.39 Å². The maximum atomic E-state index is 13.1. The quantitative estimate of drug-likeness (QED) is 0.839. The summed E-state index contributed by atoms with van der Waals surface area (Å²) in [5, 5.41) is 0. The normalized spacial score (nSPS) is 16.4. The van der Waals surface area contributed by atoms with Gasteiger partial charge in [-0.2, -0.15) is 0 Å². The molecular weight excluding hydrogens is 331 g/mol. The second-order valence-corrected chi connectivity index (χ2v) is 5.92. The first-order valence-corrected chi connectivity index (χ1v) is 7.23. The van der Waals surface area contributed by atoms with Gasteiger partial charge in [0, 0.05) is 24.6 Å². The van der Waals surface area contributed by atoms with Crippen LogP contribution in [0.1, 0.15) is 23.2 Å². The van der Waals surface area contributed by atoms with Crippen LogP contribution in [0.5, 0.6) is 0 Å². The highest BCUT2D eigenvalue weighted by Crippen LogP contribution is 2.22. The molecule has 0 bridgehead atoms. The van der Waals surface area contributed by atoms with E-state index in [-0.39, 0.29) is 17.6 Å². The minimum atomic E-state index is -0.372. The Balaban J connectivity index is 2.05. The van der Waals surface area contributed by atoms with Crippen LogP contribution in [0.15, 0.2) is 22.7 Å². The van der Waals surface area contributed by atoms with E-state index in [9.17, 15) is 9.18 Å². The first-order chi connectivity index (χ1) is 8.99. The fourth-order valence-electron chi connectivity index (χ4n) is 2.18. The fraction of sp³-hybridized carbons (Fsp3) is 0.385. The maximum Gasteiger partial charge on any atom is 0.253 e. The summed E-state index contributed by atoms with van der Waals surface area (Å²) in [6.45, 7) is 1.27. The molecule has 1 heterocycles. The molecule has 3 nitrogen and oxygen atoms in total. The molecule has 6 heteroatoms. The monoisotopic (exact) mass is 344 g/mol. The highest BCUT2D eigenvalue weighted by atomic mass is 79.9. The Bertz CT molecular complexity index is 515. The molecule has 0 aliphatic carbocycles. The second-order valence-electron chi connectivity index (χ2n) is 4.60. The van der Waals surface area contributed by atoms with Gasteiger partial charge in [-0.05, 0) is 47.0 Å². The van der Waals surface area contributed by atoms with E-state index in [0.717, 1.165) is 12.8 Å². The van der Waals surface area contributed by atoms with E-state index in [4.69, 9.17) is 18.0 Å². The Kier molecular flexibility index (Phi) is 4.52. The molecule has 1 aliphatic rings. The highest BCUT2D eigenvalue weighted by Gasteiger charge is 2.25. The molecule has 102 valence electrons. The molecule has 1 saturated heterocycles. The van der Waals surface area contributed by atoms with E-state index in [1.54, 1.807) is 4.90 Å². The van der Waals surface area contributed by atoms with Crippen molar-refractivity contribution in [2.24, 2.45) is 11.7 Å². The number of hydrogen-bond acceptors (Lipinski definition) is 2. The van der Waals surface area contributed by atoms with Crippen molar-refractivity contribution in [2.75, 3.05) is 13.1 Å².